The Labute approximate surface area is 188 Å². The summed E-state index contributed by atoms with van der Waals surface area (Å²) in [6.45, 7) is 3.99. The fraction of sp³-hybridized carbons (Fsp3) is 0.440. The highest BCUT2D eigenvalue weighted by Gasteiger charge is 2.31. The van der Waals surface area contributed by atoms with Crippen molar-refractivity contribution in [2.75, 3.05) is 0 Å². The number of benzene rings is 1. The first kappa shape index (κ1) is 22.0. The average molecular weight is 434 g/mol. The Hall–Kier alpha value is -3.22. The van der Waals surface area contributed by atoms with Gasteiger partial charge in [-0.05, 0) is 49.8 Å². The highest BCUT2D eigenvalue weighted by atomic mass is 16.2. The number of nitrogens with one attached hydrogen (secondary N) is 2. The topological polar surface area (TPSA) is 92.7 Å². The minimum Gasteiger partial charge on any atom is -0.341 e. The maximum Gasteiger partial charge on any atom is 0.270 e. The highest BCUT2D eigenvalue weighted by molar-refractivity contribution is 5.97. The zero-order valence-corrected chi connectivity index (χ0v) is 19.0. The van der Waals surface area contributed by atoms with Crippen molar-refractivity contribution in [1.29, 1.82) is 0 Å². The number of carbonyl (C=O) groups is 2. The second-order valence-electron chi connectivity index (χ2n) is 8.84. The van der Waals surface area contributed by atoms with Gasteiger partial charge in [-0.3, -0.25) is 19.4 Å². The molecule has 7 heteroatoms. The first-order valence-electron chi connectivity index (χ1n) is 11.4. The van der Waals surface area contributed by atoms with E-state index in [4.69, 9.17) is 0 Å². The third kappa shape index (κ3) is 4.66. The van der Waals surface area contributed by atoms with Crippen LogP contribution in [0.25, 0.3) is 11.1 Å². The van der Waals surface area contributed by atoms with Crippen LogP contribution >= 0.6 is 0 Å². The molecule has 2 heterocycles. The Morgan fingerprint density at radius 2 is 1.84 bits per heavy atom. The van der Waals surface area contributed by atoms with Crippen LogP contribution in [0.5, 0.6) is 0 Å². The van der Waals surface area contributed by atoms with E-state index < -0.39 is 6.04 Å². The van der Waals surface area contributed by atoms with Crippen LogP contribution in [0.15, 0.2) is 36.5 Å². The van der Waals surface area contributed by atoms with E-state index in [2.05, 4.69) is 20.6 Å². The molecule has 1 aliphatic carbocycles. The Balaban J connectivity index is 1.50. The van der Waals surface area contributed by atoms with Crippen LogP contribution in [-0.4, -0.2) is 37.7 Å². The van der Waals surface area contributed by atoms with Gasteiger partial charge in [-0.15, -0.1) is 0 Å². The number of carbonyl (C=O) groups excluding carboxylic acids is 2. The molecule has 0 aliphatic heterocycles. The van der Waals surface area contributed by atoms with Gasteiger partial charge in [0.25, 0.3) is 5.91 Å². The summed E-state index contributed by atoms with van der Waals surface area (Å²) in [6, 6.07) is 9.28. The first-order valence-corrected chi connectivity index (χ1v) is 11.4. The van der Waals surface area contributed by atoms with E-state index in [1.807, 2.05) is 38.1 Å². The maximum atomic E-state index is 13.4. The number of aromatic amines is 1. The average Bonchev–Trinajstić information content (AvgIpc) is 3.37. The molecule has 32 heavy (non-hydrogen) atoms. The van der Waals surface area contributed by atoms with Gasteiger partial charge in [0.15, 0.2) is 5.78 Å². The van der Waals surface area contributed by atoms with Crippen LogP contribution in [0, 0.1) is 19.8 Å². The van der Waals surface area contributed by atoms with Crippen LogP contribution in [0.2, 0.25) is 0 Å². The third-order valence-electron chi connectivity index (χ3n) is 6.56. The Kier molecular flexibility index (Phi) is 6.53. The van der Waals surface area contributed by atoms with Crippen molar-refractivity contribution in [3.8, 4) is 11.1 Å². The third-order valence-corrected chi connectivity index (χ3v) is 6.56. The van der Waals surface area contributed by atoms with Crippen molar-refractivity contribution < 1.29 is 9.59 Å². The van der Waals surface area contributed by atoms with Gasteiger partial charge in [0.2, 0.25) is 0 Å². The second-order valence-corrected chi connectivity index (χ2v) is 8.84. The number of H-pyrrole nitrogens is 1. The molecule has 1 saturated carbocycles. The molecule has 168 valence electrons. The summed E-state index contributed by atoms with van der Waals surface area (Å²) in [5, 5.41) is 14.4. The molecule has 1 amide bonds. The predicted octanol–water partition coefficient (Wildman–Crippen LogP) is 3.92. The number of aryl methyl sites for hydroxylation is 3. The summed E-state index contributed by atoms with van der Waals surface area (Å²) >= 11 is 0. The number of Topliss-reactive ketones (excluding diaryl/α,β-unsaturated/α-hetero) is 1. The van der Waals surface area contributed by atoms with E-state index in [1.54, 1.807) is 19.3 Å². The molecule has 0 unspecified atom stereocenters. The SMILES string of the molecule is Cc1n[nH]c(C)c1-c1ccc(CC(=O)[C@@H](NC(=O)c2ccnn2C)C2CCCCC2)cc1. The van der Waals surface area contributed by atoms with E-state index >= 15 is 0 Å². The maximum absolute atomic E-state index is 13.4. The molecule has 0 spiro atoms. The highest BCUT2D eigenvalue weighted by Crippen LogP contribution is 2.29. The number of ketones is 1. The molecule has 0 saturated heterocycles. The molecule has 1 aliphatic rings. The smallest absolute Gasteiger partial charge is 0.270 e. The largest absolute Gasteiger partial charge is 0.341 e. The van der Waals surface area contributed by atoms with Crippen LogP contribution < -0.4 is 5.32 Å². The van der Waals surface area contributed by atoms with Crippen molar-refractivity contribution >= 4 is 11.7 Å². The molecule has 7 nitrogen and oxygen atoms in total. The minimum absolute atomic E-state index is 0.0656. The quantitative estimate of drug-likeness (QED) is 0.591. The summed E-state index contributed by atoms with van der Waals surface area (Å²) in [6.07, 6.45) is 7.25. The van der Waals surface area contributed by atoms with E-state index in [9.17, 15) is 9.59 Å². The zero-order valence-electron chi connectivity index (χ0n) is 19.0. The van der Waals surface area contributed by atoms with Crippen molar-refractivity contribution in [3.05, 3.63) is 59.2 Å². The van der Waals surface area contributed by atoms with Gasteiger partial charge >= 0.3 is 0 Å². The Morgan fingerprint density at radius 1 is 1.12 bits per heavy atom. The first-order chi connectivity index (χ1) is 15.4. The lowest BCUT2D eigenvalue weighted by atomic mass is 9.81. The number of aromatic nitrogens is 4. The fourth-order valence-corrected chi connectivity index (χ4v) is 4.82. The van der Waals surface area contributed by atoms with Gasteiger partial charge in [0.1, 0.15) is 5.69 Å². The normalized spacial score (nSPS) is 15.5. The van der Waals surface area contributed by atoms with Crippen LogP contribution in [-0.2, 0) is 18.3 Å². The number of hydrogen-bond acceptors (Lipinski definition) is 4. The van der Waals surface area contributed by atoms with Gasteiger partial charge in [0, 0.05) is 30.9 Å². The van der Waals surface area contributed by atoms with Crippen molar-refractivity contribution in [2.24, 2.45) is 13.0 Å². The lowest BCUT2D eigenvalue weighted by Gasteiger charge is -2.30. The van der Waals surface area contributed by atoms with Gasteiger partial charge in [-0.2, -0.15) is 10.2 Å². The molecule has 0 bridgehead atoms. The molecule has 1 aromatic carbocycles. The fourth-order valence-electron chi connectivity index (χ4n) is 4.82. The van der Waals surface area contributed by atoms with Crippen molar-refractivity contribution in [2.45, 2.75) is 58.4 Å². The molecular weight excluding hydrogens is 402 g/mol. The Bertz CT molecular complexity index is 1070. The molecule has 1 fully saturated rings. The van der Waals surface area contributed by atoms with Crippen molar-refractivity contribution in [3.63, 3.8) is 0 Å². The summed E-state index contributed by atoms with van der Waals surface area (Å²) in [4.78, 5) is 26.2. The Morgan fingerprint density at radius 3 is 2.44 bits per heavy atom. The van der Waals surface area contributed by atoms with Gasteiger partial charge < -0.3 is 5.32 Å². The number of nitrogens with zero attached hydrogens (tertiary/aromatic N) is 3. The minimum atomic E-state index is -0.476. The van der Waals surface area contributed by atoms with Crippen molar-refractivity contribution in [1.82, 2.24) is 25.3 Å². The monoisotopic (exact) mass is 433 g/mol. The molecule has 4 rings (SSSR count). The van der Waals surface area contributed by atoms with Gasteiger partial charge in [-0.1, -0.05) is 43.5 Å². The molecule has 1 atom stereocenters. The van der Waals surface area contributed by atoms with E-state index in [-0.39, 0.29) is 17.6 Å². The molecule has 2 aromatic heterocycles. The zero-order chi connectivity index (χ0) is 22.7. The second kappa shape index (κ2) is 9.51. The van der Waals surface area contributed by atoms with Gasteiger partial charge in [-0.25, -0.2) is 0 Å². The number of hydrogen-bond donors (Lipinski definition) is 2. The lowest BCUT2D eigenvalue weighted by Crippen LogP contribution is -2.47. The van der Waals surface area contributed by atoms with Crippen LogP contribution in [0.4, 0.5) is 0 Å². The van der Waals surface area contributed by atoms with E-state index in [0.717, 1.165) is 53.8 Å². The molecule has 2 N–H and O–H groups in total. The summed E-state index contributed by atoms with van der Waals surface area (Å²) in [5.41, 5.74) is 5.59. The number of rotatable bonds is 7. The predicted molar refractivity (Wildman–Crippen MR) is 123 cm³/mol. The molecule has 3 aromatic rings. The summed E-state index contributed by atoms with van der Waals surface area (Å²) in [7, 11) is 1.73. The van der Waals surface area contributed by atoms with Crippen LogP contribution in [0.3, 0.4) is 0 Å². The standard InChI is InChI=1S/C25H31N5O2/c1-16-23(17(2)29-28-16)19-11-9-18(10-12-19)15-22(31)24(20-7-5-4-6-8-20)27-25(32)21-13-14-26-30(21)3/h9-14,20,24H,4-8,15H2,1-3H3,(H,27,32)(H,28,29)/t24-/m0/s1. The number of amides is 1. The van der Waals surface area contributed by atoms with Gasteiger partial charge in [0.05, 0.1) is 11.7 Å². The lowest BCUT2D eigenvalue weighted by molar-refractivity contribution is -0.121. The summed E-state index contributed by atoms with van der Waals surface area (Å²) < 4.78 is 1.54. The van der Waals surface area contributed by atoms with E-state index in [0.29, 0.717) is 12.1 Å². The van der Waals surface area contributed by atoms with E-state index in [1.165, 1.54) is 11.1 Å². The van der Waals surface area contributed by atoms with Crippen LogP contribution in [0.1, 0.15) is 59.5 Å². The molecule has 0 radical (unpaired) electrons. The molecular formula is C25H31N5O2. The summed E-state index contributed by atoms with van der Waals surface area (Å²) in [5.74, 6) is 0.00921.